The standard InChI is InChI=1S/C11H22N2O3/c1-9(2)15-6-3-4-13-11(14)10-8-12-5-7-16-10/h9-10,12H,3-8H2,1-2H3,(H,13,14). The third kappa shape index (κ3) is 5.44. The summed E-state index contributed by atoms with van der Waals surface area (Å²) in [5.41, 5.74) is 0. The summed E-state index contributed by atoms with van der Waals surface area (Å²) in [7, 11) is 0. The van der Waals surface area contributed by atoms with Crippen molar-refractivity contribution in [2.75, 3.05) is 32.8 Å². The molecular formula is C11H22N2O3. The number of nitrogens with one attached hydrogen (secondary N) is 2. The lowest BCUT2D eigenvalue weighted by molar-refractivity contribution is -0.134. The van der Waals surface area contributed by atoms with Crippen LogP contribution in [-0.4, -0.2) is 51.0 Å². The van der Waals surface area contributed by atoms with Gasteiger partial charge in [0.05, 0.1) is 12.7 Å². The lowest BCUT2D eigenvalue weighted by atomic mass is 10.3. The molecule has 2 N–H and O–H groups in total. The summed E-state index contributed by atoms with van der Waals surface area (Å²) in [5.74, 6) is -0.0308. The van der Waals surface area contributed by atoms with Gasteiger partial charge in [0.1, 0.15) is 6.10 Å². The molecule has 1 fully saturated rings. The Labute approximate surface area is 96.9 Å². The maximum Gasteiger partial charge on any atom is 0.250 e. The molecule has 0 saturated carbocycles. The van der Waals surface area contributed by atoms with Gasteiger partial charge in [-0.05, 0) is 20.3 Å². The number of hydrogen-bond donors (Lipinski definition) is 2. The van der Waals surface area contributed by atoms with Crippen molar-refractivity contribution in [2.24, 2.45) is 0 Å². The average molecular weight is 230 g/mol. The smallest absolute Gasteiger partial charge is 0.250 e. The van der Waals surface area contributed by atoms with Crippen molar-refractivity contribution < 1.29 is 14.3 Å². The lowest BCUT2D eigenvalue weighted by Gasteiger charge is -2.22. The van der Waals surface area contributed by atoms with E-state index in [2.05, 4.69) is 10.6 Å². The molecule has 0 bridgehead atoms. The Balaban J connectivity index is 2.01. The van der Waals surface area contributed by atoms with E-state index in [1.165, 1.54) is 0 Å². The van der Waals surface area contributed by atoms with Crippen LogP contribution in [0, 0.1) is 0 Å². The van der Waals surface area contributed by atoms with Crippen LogP contribution in [0.15, 0.2) is 0 Å². The zero-order chi connectivity index (χ0) is 11.8. The fourth-order valence-corrected chi connectivity index (χ4v) is 1.45. The second-order valence-electron chi connectivity index (χ2n) is 4.13. The first-order chi connectivity index (χ1) is 7.70. The predicted octanol–water partition coefficient (Wildman–Crippen LogP) is -0.0939. The minimum absolute atomic E-state index is 0.0308. The Morgan fingerprint density at radius 1 is 1.62 bits per heavy atom. The third-order valence-corrected chi connectivity index (χ3v) is 2.29. The highest BCUT2D eigenvalue weighted by atomic mass is 16.5. The van der Waals surface area contributed by atoms with Crippen molar-refractivity contribution in [1.82, 2.24) is 10.6 Å². The van der Waals surface area contributed by atoms with E-state index in [0.717, 1.165) is 13.0 Å². The molecule has 1 saturated heterocycles. The van der Waals surface area contributed by atoms with Crippen LogP contribution >= 0.6 is 0 Å². The molecule has 1 atom stereocenters. The van der Waals surface area contributed by atoms with Crippen molar-refractivity contribution in [2.45, 2.75) is 32.5 Å². The SMILES string of the molecule is CC(C)OCCCNC(=O)C1CNCCO1. The Morgan fingerprint density at radius 2 is 2.44 bits per heavy atom. The van der Waals surface area contributed by atoms with Crippen LogP contribution in [0.5, 0.6) is 0 Å². The van der Waals surface area contributed by atoms with Gasteiger partial charge in [-0.15, -0.1) is 0 Å². The molecule has 1 aliphatic rings. The van der Waals surface area contributed by atoms with E-state index in [-0.39, 0.29) is 18.1 Å². The van der Waals surface area contributed by atoms with Crippen LogP contribution < -0.4 is 10.6 Å². The van der Waals surface area contributed by atoms with E-state index < -0.39 is 0 Å². The number of hydrogen-bond acceptors (Lipinski definition) is 4. The highest BCUT2D eigenvalue weighted by Crippen LogP contribution is 1.96. The first-order valence-corrected chi connectivity index (χ1v) is 5.92. The van der Waals surface area contributed by atoms with Crippen molar-refractivity contribution >= 4 is 5.91 Å². The molecule has 16 heavy (non-hydrogen) atoms. The fourth-order valence-electron chi connectivity index (χ4n) is 1.45. The van der Waals surface area contributed by atoms with E-state index in [1.54, 1.807) is 0 Å². The summed E-state index contributed by atoms with van der Waals surface area (Å²) in [5, 5.41) is 5.96. The van der Waals surface area contributed by atoms with Gasteiger partial charge in [0.2, 0.25) is 5.91 Å². The van der Waals surface area contributed by atoms with Gasteiger partial charge in [0.25, 0.3) is 0 Å². The number of ether oxygens (including phenoxy) is 2. The molecular weight excluding hydrogens is 208 g/mol. The third-order valence-electron chi connectivity index (χ3n) is 2.29. The Morgan fingerprint density at radius 3 is 3.06 bits per heavy atom. The van der Waals surface area contributed by atoms with Gasteiger partial charge in [-0.2, -0.15) is 0 Å². The number of carbonyl (C=O) groups is 1. The molecule has 0 aromatic heterocycles. The monoisotopic (exact) mass is 230 g/mol. The van der Waals surface area contributed by atoms with Crippen LogP contribution in [0.2, 0.25) is 0 Å². The molecule has 94 valence electrons. The second kappa shape index (κ2) is 7.60. The summed E-state index contributed by atoms with van der Waals surface area (Å²) in [6, 6.07) is 0. The van der Waals surface area contributed by atoms with Crippen molar-refractivity contribution in [1.29, 1.82) is 0 Å². The summed E-state index contributed by atoms with van der Waals surface area (Å²) in [6.07, 6.45) is 0.755. The first kappa shape index (κ1) is 13.4. The quantitative estimate of drug-likeness (QED) is 0.626. The van der Waals surface area contributed by atoms with Crippen LogP contribution in [0.25, 0.3) is 0 Å². The predicted molar refractivity (Wildman–Crippen MR) is 61.3 cm³/mol. The molecule has 1 rings (SSSR count). The average Bonchev–Trinajstić information content (AvgIpc) is 2.29. The van der Waals surface area contributed by atoms with E-state index in [9.17, 15) is 4.79 Å². The Hall–Kier alpha value is -0.650. The maximum absolute atomic E-state index is 11.6. The summed E-state index contributed by atoms with van der Waals surface area (Å²) < 4.78 is 10.7. The molecule has 0 radical (unpaired) electrons. The number of morpholine rings is 1. The van der Waals surface area contributed by atoms with Gasteiger partial charge < -0.3 is 20.1 Å². The van der Waals surface area contributed by atoms with Gasteiger partial charge in [0, 0.05) is 26.2 Å². The summed E-state index contributed by atoms with van der Waals surface area (Å²) in [6.45, 7) is 7.36. The number of rotatable bonds is 6. The molecule has 1 heterocycles. The van der Waals surface area contributed by atoms with Crippen LogP contribution in [-0.2, 0) is 14.3 Å². The molecule has 5 nitrogen and oxygen atoms in total. The zero-order valence-electron chi connectivity index (χ0n) is 10.1. The molecule has 1 amide bonds. The minimum atomic E-state index is -0.334. The summed E-state index contributed by atoms with van der Waals surface area (Å²) in [4.78, 5) is 11.6. The van der Waals surface area contributed by atoms with Crippen molar-refractivity contribution in [3.8, 4) is 0 Å². The van der Waals surface area contributed by atoms with Crippen LogP contribution in [0.3, 0.4) is 0 Å². The van der Waals surface area contributed by atoms with Gasteiger partial charge in [-0.3, -0.25) is 4.79 Å². The minimum Gasteiger partial charge on any atom is -0.379 e. The Bertz CT molecular complexity index is 203. The van der Waals surface area contributed by atoms with Crippen LogP contribution in [0.4, 0.5) is 0 Å². The van der Waals surface area contributed by atoms with E-state index in [4.69, 9.17) is 9.47 Å². The zero-order valence-corrected chi connectivity index (χ0v) is 10.1. The highest BCUT2D eigenvalue weighted by molar-refractivity contribution is 5.81. The highest BCUT2D eigenvalue weighted by Gasteiger charge is 2.20. The van der Waals surface area contributed by atoms with Gasteiger partial charge in [0.15, 0.2) is 0 Å². The largest absolute Gasteiger partial charge is 0.379 e. The Kier molecular flexibility index (Phi) is 6.37. The first-order valence-electron chi connectivity index (χ1n) is 5.92. The summed E-state index contributed by atoms with van der Waals surface area (Å²) >= 11 is 0. The second-order valence-corrected chi connectivity index (χ2v) is 4.13. The molecule has 1 aliphatic heterocycles. The molecule has 0 aliphatic carbocycles. The molecule has 5 heteroatoms. The molecule has 0 spiro atoms. The van der Waals surface area contributed by atoms with Gasteiger partial charge >= 0.3 is 0 Å². The topological polar surface area (TPSA) is 59.6 Å². The van der Waals surface area contributed by atoms with E-state index >= 15 is 0 Å². The normalized spacial score (nSPS) is 21.1. The number of amides is 1. The maximum atomic E-state index is 11.6. The van der Waals surface area contributed by atoms with Crippen molar-refractivity contribution in [3.05, 3.63) is 0 Å². The number of carbonyl (C=O) groups excluding carboxylic acids is 1. The van der Waals surface area contributed by atoms with Crippen molar-refractivity contribution in [3.63, 3.8) is 0 Å². The fraction of sp³-hybridized carbons (Fsp3) is 0.909. The van der Waals surface area contributed by atoms with Crippen LogP contribution in [0.1, 0.15) is 20.3 Å². The van der Waals surface area contributed by atoms with E-state index in [0.29, 0.717) is 26.3 Å². The van der Waals surface area contributed by atoms with Gasteiger partial charge in [-0.25, -0.2) is 0 Å². The lowest BCUT2D eigenvalue weighted by Crippen LogP contribution is -2.48. The van der Waals surface area contributed by atoms with Gasteiger partial charge in [-0.1, -0.05) is 0 Å². The molecule has 1 unspecified atom stereocenters. The molecule has 0 aromatic rings. The molecule has 0 aromatic carbocycles. The van der Waals surface area contributed by atoms with E-state index in [1.807, 2.05) is 13.8 Å².